The molecule has 1 aliphatic heterocycles. The normalized spacial score (nSPS) is 21.8. The van der Waals surface area contributed by atoms with Crippen molar-refractivity contribution in [1.29, 1.82) is 0 Å². The minimum atomic E-state index is -0.638. The van der Waals surface area contributed by atoms with E-state index in [1.165, 1.54) is 0 Å². The number of carbonyl (C=O) groups excluding carboxylic acids is 1. The summed E-state index contributed by atoms with van der Waals surface area (Å²) in [4.78, 5) is 12.6. The number of primary amides is 1. The van der Waals surface area contributed by atoms with Gasteiger partial charge in [-0.15, -0.1) is 0 Å². The van der Waals surface area contributed by atoms with Crippen LogP contribution in [0.4, 0.5) is 4.79 Å². The van der Waals surface area contributed by atoms with Gasteiger partial charge in [0.1, 0.15) is 0 Å². The average molecular weight is 229 g/mol. The molecule has 1 heterocycles. The predicted octanol–water partition coefficient (Wildman–Crippen LogP) is 0.280. The van der Waals surface area contributed by atoms with E-state index < -0.39 is 5.60 Å². The van der Waals surface area contributed by atoms with E-state index in [-0.39, 0.29) is 6.03 Å². The van der Waals surface area contributed by atoms with Gasteiger partial charge in [-0.25, -0.2) is 4.79 Å². The number of nitrogens with zero attached hydrogens (tertiary/aromatic N) is 1. The average Bonchev–Trinajstić information content (AvgIpc) is 2.27. The van der Waals surface area contributed by atoms with Gasteiger partial charge in [-0.1, -0.05) is 6.92 Å². The fraction of sp³-hybridized carbons (Fsp3) is 0.909. The van der Waals surface area contributed by atoms with Crippen molar-refractivity contribution in [3.63, 3.8) is 0 Å². The molecule has 16 heavy (non-hydrogen) atoms. The second-order valence-corrected chi connectivity index (χ2v) is 4.83. The SMILES string of the molecule is CCC(C)(O)CNC1CCN(C(N)=O)CC1. The third-order valence-corrected chi connectivity index (χ3v) is 3.34. The van der Waals surface area contributed by atoms with Gasteiger partial charge in [-0.2, -0.15) is 0 Å². The number of urea groups is 1. The number of hydrogen-bond acceptors (Lipinski definition) is 3. The summed E-state index contributed by atoms with van der Waals surface area (Å²) in [6.45, 7) is 5.82. The van der Waals surface area contributed by atoms with Crippen molar-refractivity contribution in [2.24, 2.45) is 5.73 Å². The van der Waals surface area contributed by atoms with Gasteiger partial charge in [0.15, 0.2) is 0 Å². The van der Waals surface area contributed by atoms with Gasteiger partial charge in [0.05, 0.1) is 5.60 Å². The molecule has 1 saturated heterocycles. The van der Waals surface area contributed by atoms with Crippen LogP contribution in [0.15, 0.2) is 0 Å². The van der Waals surface area contributed by atoms with Crippen LogP contribution in [0.5, 0.6) is 0 Å². The van der Waals surface area contributed by atoms with Gasteiger partial charge in [0.25, 0.3) is 0 Å². The maximum absolute atomic E-state index is 10.9. The lowest BCUT2D eigenvalue weighted by atomic mass is 10.0. The number of carbonyl (C=O) groups is 1. The van der Waals surface area contributed by atoms with Crippen LogP contribution in [-0.2, 0) is 0 Å². The topological polar surface area (TPSA) is 78.6 Å². The third kappa shape index (κ3) is 3.98. The predicted molar refractivity (Wildman–Crippen MR) is 63.1 cm³/mol. The monoisotopic (exact) mass is 229 g/mol. The molecule has 0 aromatic rings. The Morgan fingerprint density at radius 2 is 2.12 bits per heavy atom. The molecule has 0 spiro atoms. The van der Waals surface area contributed by atoms with E-state index in [9.17, 15) is 9.90 Å². The van der Waals surface area contributed by atoms with Crippen molar-refractivity contribution in [1.82, 2.24) is 10.2 Å². The minimum absolute atomic E-state index is 0.334. The highest BCUT2D eigenvalue weighted by Crippen LogP contribution is 2.12. The summed E-state index contributed by atoms with van der Waals surface area (Å²) in [5, 5.41) is 13.2. The molecule has 2 amide bonds. The van der Waals surface area contributed by atoms with Crippen LogP contribution in [0, 0.1) is 0 Å². The smallest absolute Gasteiger partial charge is 0.314 e. The maximum Gasteiger partial charge on any atom is 0.314 e. The van der Waals surface area contributed by atoms with Gasteiger partial charge < -0.3 is 21.1 Å². The highest BCUT2D eigenvalue weighted by Gasteiger charge is 2.23. The number of likely N-dealkylation sites (tertiary alicyclic amines) is 1. The summed E-state index contributed by atoms with van der Waals surface area (Å²) in [5.41, 5.74) is 4.57. The van der Waals surface area contributed by atoms with Crippen LogP contribution >= 0.6 is 0 Å². The number of rotatable bonds is 4. The number of aliphatic hydroxyl groups is 1. The molecule has 4 N–H and O–H groups in total. The molecular weight excluding hydrogens is 206 g/mol. The third-order valence-electron chi connectivity index (χ3n) is 3.34. The van der Waals surface area contributed by atoms with Crippen molar-refractivity contribution in [3.8, 4) is 0 Å². The van der Waals surface area contributed by atoms with E-state index in [0.29, 0.717) is 25.7 Å². The number of piperidine rings is 1. The van der Waals surface area contributed by atoms with Crippen molar-refractivity contribution in [3.05, 3.63) is 0 Å². The summed E-state index contributed by atoms with van der Waals surface area (Å²) in [6, 6.07) is 0.0487. The Morgan fingerprint density at radius 3 is 2.56 bits per heavy atom. The Morgan fingerprint density at radius 1 is 1.56 bits per heavy atom. The van der Waals surface area contributed by atoms with E-state index in [4.69, 9.17) is 5.73 Å². The Bertz CT molecular complexity index is 235. The Hall–Kier alpha value is -0.810. The van der Waals surface area contributed by atoms with Crippen LogP contribution in [0.2, 0.25) is 0 Å². The van der Waals surface area contributed by atoms with Crippen molar-refractivity contribution >= 4 is 6.03 Å². The van der Waals surface area contributed by atoms with Crippen LogP contribution in [0.25, 0.3) is 0 Å². The maximum atomic E-state index is 10.9. The number of nitrogens with one attached hydrogen (secondary N) is 1. The van der Waals surface area contributed by atoms with E-state index in [0.717, 1.165) is 19.3 Å². The summed E-state index contributed by atoms with van der Waals surface area (Å²) < 4.78 is 0. The lowest BCUT2D eigenvalue weighted by Gasteiger charge is -2.33. The zero-order chi connectivity index (χ0) is 12.2. The van der Waals surface area contributed by atoms with Crippen molar-refractivity contribution < 1.29 is 9.90 Å². The molecule has 0 bridgehead atoms. The summed E-state index contributed by atoms with van der Waals surface area (Å²) in [6.07, 6.45) is 2.55. The number of nitrogens with two attached hydrogens (primary N) is 1. The molecule has 0 aliphatic carbocycles. The first-order chi connectivity index (χ1) is 7.44. The van der Waals surface area contributed by atoms with E-state index in [1.807, 2.05) is 13.8 Å². The van der Waals surface area contributed by atoms with E-state index >= 15 is 0 Å². The first-order valence-corrected chi connectivity index (χ1v) is 5.95. The lowest BCUT2D eigenvalue weighted by molar-refractivity contribution is 0.0501. The zero-order valence-corrected chi connectivity index (χ0v) is 10.2. The van der Waals surface area contributed by atoms with Gasteiger partial charge in [0, 0.05) is 25.7 Å². The fourth-order valence-electron chi connectivity index (χ4n) is 1.79. The van der Waals surface area contributed by atoms with Crippen LogP contribution in [0.1, 0.15) is 33.1 Å². The van der Waals surface area contributed by atoms with Gasteiger partial charge in [-0.05, 0) is 26.2 Å². The lowest BCUT2D eigenvalue weighted by Crippen LogP contribution is -2.49. The second kappa shape index (κ2) is 5.50. The molecular formula is C11H23N3O2. The summed E-state index contributed by atoms with van der Waals surface area (Å²) in [5.74, 6) is 0. The molecule has 5 nitrogen and oxygen atoms in total. The first kappa shape index (κ1) is 13.3. The Kier molecular flexibility index (Phi) is 4.56. The molecule has 0 aromatic carbocycles. The molecule has 1 aliphatic rings. The summed E-state index contributed by atoms with van der Waals surface area (Å²) in [7, 11) is 0. The Balaban J connectivity index is 2.25. The first-order valence-electron chi connectivity index (χ1n) is 5.95. The highest BCUT2D eigenvalue weighted by molar-refractivity contribution is 5.72. The van der Waals surface area contributed by atoms with E-state index in [1.54, 1.807) is 4.90 Å². The van der Waals surface area contributed by atoms with Crippen LogP contribution < -0.4 is 11.1 Å². The molecule has 0 radical (unpaired) electrons. The van der Waals surface area contributed by atoms with Gasteiger partial charge >= 0.3 is 6.03 Å². The van der Waals surface area contributed by atoms with Crippen molar-refractivity contribution in [2.45, 2.75) is 44.8 Å². The molecule has 5 heteroatoms. The van der Waals surface area contributed by atoms with Crippen molar-refractivity contribution in [2.75, 3.05) is 19.6 Å². The number of hydrogen-bond donors (Lipinski definition) is 3. The van der Waals surface area contributed by atoms with Crippen LogP contribution in [0.3, 0.4) is 0 Å². The molecule has 1 atom stereocenters. The standard InChI is InChI=1S/C11H23N3O2/c1-3-11(2,16)8-13-9-4-6-14(7-5-9)10(12)15/h9,13,16H,3-8H2,1-2H3,(H2,12,15). The molecule has 1 rings (SSSR count). The Labute approximate surface area is 97.0 Å². The highest BCUT2D eigenvalue weighted by atomic mass is 16.3. The summed E-state index contributed by atoms with van der Waals surface area (Å²) >= 11 is 0. The second-order valence-electron chi connectivity index (χ2n) is 4.83. The largest absolute Gasteiger partial charge is 0.389 e. The van der Waals surface area contributed by atoms with Gasteiger partial charge in [0.2, 0.25) is 0 Å². The minimum Gasteiger partial charge on any atom is -0.389 e. The van der Waals surface area contributed by atoms with Gasteiger partial charge in [-0.3, -0.25) is 0 Å². The molecule has 1 fully saturated rings. The fourth-order valence-corrected chi connectivity index (χ4v) is 1.79. The van der Waals surface area contributed by atoms with Crippen LogP contribution in [-0.4, -0.2) is 47.3 Å². The zero-order valence-electron chi connectivity index (χ0n) is 10.2. The van der Waals surface area contributed by atoms with E-state index in [2.05, 4.69) is 5.32 Å². The number of amides is 2. The molecule has 0 aromatic heterocycles. The quantitative estimate of drug-likeness (QED) is 0.648. The molecule has 1 unspecified atom stereocenters. The molecule has 0 saturated carbocycles. The molecule has 94 valence electrons.